The summed E-state index contributed by atoms with van der Waals surface area (Å²) in [6.07, 6.45) is -0.948. The van der Waals surface area contributed by atoms with Crippen LogP contribution in [0.3, 0.4) is 0 Å². The zero-order valence-electron chi connectivity index (χ0n) is 17.7. The van der Waals surface area contributed by atoms with Gasteiger partial charge in [0, 0.05) is 30.5 Å². The Balaban J connectivity index is 1.43. The van der Waals surface area contributed by atoms with Crippen LogP contribution in [0, 0.1) is 0 Å². The van der Waals surface area contributed by atoms with E-state index in [1.54, 1.807) is 6.92 Å². The Bertz CT molecular complexity index is 1280. The molecule has 3 aromatic heterocycles. The van der Waals surface area contributed by atoms with Crippen molar-refractivity contribution in [2.75, 3.05) is 5.32 Å². The number of anilines is 1. The van der Waals surface area contributed by atoms with Crippen LogP contribution in [0.1, 0.15) is 67.8 Å². The van der Waals surface area contributed by atoms with Crippen LogP contribution in [-0.4, -0.2) is 42.4 Å². The van der Waals surface area contributed by atoms with Crippen LogP contribution < -0.4 is 5.32 Å². The molecule has 0 bridgehead atoms. The van der Waals surface area contributed by atoms with Gasteiger partial charge >= 0.3 is 6.18 Å². The summed E-state index contributed by atoms with van der Waals surface area (Å²) in [5.74, 6) is -0.850. The lowest BCUT2D eigenvalue weighted by atomic mass is 9.97. The third kappa shape index (κ3) is 5.14. The molecule has 0 fully saturated rings. The summed E-state index contributed by atoms with van der Waals surface area (Å²) in [5.41, 5.74) is -0.327. The van der Waals surface area contributed by atoms with Crippen molar-refractivity contribution in [3.8, 4) is 0 Å². The van der Waals surface area contributed by atoms with Crippen molar-refractivity contribution in [2.45, 2.75) is 44.7 Å². The van der Waals surface area contributed by atoms with Gasteiger partial charge < -0.3 is 5.32 Å². The molecule has 1 amide bonds. The Morgan fingerprint density at radius 2 is 1.85 bits per heavy atom. The van der Waals surface area contributed by atoms with E-state index in [4.69, 9.17) is 0 Å². The third-order valence-corrected chi connectivity index (χ3v) is 6.41. The lowest BCUT2D eigenvalue weighted by Crippen LogP contribution is -2.23. The van der Waals surface area contributed by atoms with Gasteiger partial charge in [-0.05, 0) is 12.5 Å². The van der Waals surface area contributed by atoms with Gasteiger partial charge in [-0.15, -0.1) is 11.3 Å². The molecule has 0 aliphatic carbocycles. The minimum atomic E-state index is -4.63. The number of nitrogens with one attached hydrogen (secondary N) is 1. The minimum absolute atomic E-state index is 0.0499. The molecule has 13 heteroatoms. The van der Waals surface area contributed by atoms with Crippen molar-refractivity contribution >= 4 is 34.6 Å². The fourth-order valence-electron chi connectivity index (χ4n) is 3.44. The predicted octanol–water partition coefficient (Wildman–Crippen LogP) is 3.43. The van der Waals surface area contributed by atoms with E-state index in [9.17, 15) is 27.6 Å². The summed E-state index contributed by atoms with van der Waals surface area (Å²) in [5, 5.41) is 3.16. The van der Waals surface area contributed by atoms with Crippen molar-refractivity contribution in [1.82, 2.24) is 24.9 Å². The van der Waals surface area contributed by atoms with Gasteiger partial charge in [0.2, 0.25) is 5.91 Å². The number of carbonyl (C=O) groups is 3. The fraction of sp³-hybridized carbons (Fsp3) is 0.333. The molecule has 3 aromatic rings. The number of alkyl halides is 3. The Morgan fingerprint density at radius 3 is 2.62 bits per heavy atom. The molecule has 0 spiro atoms. The average molecular weight is 490 g/mol. The SMILES string of the molecule is C[C@@H](CC(=O)c1ncnc2c1CCC(=O)N2)c1ncc(C(=O)Cc2cc(C(F)(F)F)ncn2)s1. The van der Waals surface area contributed by atoms with Gasteiger partial charge in [0.25, 0.3) is 0 Å². The number of Topliss-reactive ketones (excluding diaryl/α,β-unsaturated/α-hetero) is 2. The van der Waals surface area contributed by atoms with Crippen molar-refractivity contribution < 1.29 is 27.6 Å². The minimum Gasteiger partial charge on any atom is -0.310 e. The number of hydrogen-bond acceptors (Lipinski definition) is 9. The first-order valence-corrected chi connectivity index (χ1v) is 11.0. The molecule has 176 valence electrons. The second kappa shape index (κ2) is 9.33. The van der Waals surface area contributed by atoms with Crippen LogP contribution in [-0.2, 0) is 23.8 Å². The molecular formula is C21H17F3N6O3S. The summed E-state index contributed by atoms with van der Waals surface area (Å²) in [7, 11) is 0. The third-order valence-electron chi connectivity index (χ3n) is 5.14. The summed E-state index contributed by atoms with van der Waals surface area (Å²) >= 11 is 1.08. The van der Waals surface area contributed by atoms with Gasteiger partial charge in [0.05, 0.1) is 22.0 Å². The number of thiazole rings is 1. The summed E-state index contributed by atoms with van der Waals surface area (Å²) in [6.45, 7) is 1.78. The van der Waals surface area contributed by atoms with E-state index in [0.717, 1.165) is 23.7 Å². The van der Waals surface area contributed by atoms with Crippen LogP contribution in [0.25, 0.3) is 0 Å². The Kier molecular flexibility index (Phi) is 6.46. The molecule has 34 heavy (non-hydrogen) atoms. The van der Waals surface area contributed by atoms with Crippen molar-refractivity contribution in [3.05, 3.63) is 57.4 Å². The van der Waals surface area contributed by atoms with E-state index in [1.807, 2.05) is 0 Å². The van der Waals surface area contributed by atoms with Crippen LogP contribution >= 0.6 is 11.3 Å². The number of nitrogens with zero attached hydrogens (tertiary/aromatic N) is 5. The number of aromatic nitrogens is 5. The molecule has 1 aliphatic heterocycles. The van der Waals surface area contributed by atoms with Gasteiger partial charge in [-0.1, -0.05) is 6.92 Å². The molecule has 0 unspecified atom stereocenters. The highest BCUT2D eigenvalue weighted by Crippen LogP contribution is 2.30. The molecular weight excluding hydrogens is 473 g/mol. The lowest BCUT2D eigenvalue weighted by Gasteiger charge is -2.17. The number of amides is 1. The topological polar surface area (TPSA) is 128 Å². The van der Waals surface area contributed by atoms with Crippen LogP contribution in [0.4, 0.5) is 19.0 Å². The number of rotatable bonds is 7. The lowest BCUT2D eigenvalue weighted by molar-refractivity contribution is -0.141. The average Bonchev–Trinajstić information content (AvgIpc) is 3.29. The van der Waals surface area contributed by atoms with E-state index in [2.05, 4.69) is 30.2 Å². The van der Waals surface area contributed by atoms with E-state index < -0.39 is 17.7 Å². The number of fused-ring (bicyclic) bond motifs is 1. The zero-order valence-corrected chi connectivity index (χ0v) is 18.5. The first-order valence-electron chi connectivity index (χ1n) is 10.2. The summed E-state index contributed by atoms with van der Waals surface area (Å²) in [6, 6.07) is 0.742. The van der Waals surface area contributed by atoms with Crippen LogP contribution in [0.2, 0.25) is 0 Å². The monoisotopic (exact) mass is 490 g/mol. The number of ketones is 2. The molecule has 1 aliphatic rings. The Hall–Kier alpha value is -3.61. The molecule has 4 heterocycles. The summed E-state index contributed by atoms with van der Waals surface area (Å²) in [4.78, 5) is 56.5. The smallest absolute Gasteiger partial charge is 0.310 e. The molecule has 9 nitrogen and oxygen atoms in total. The Labute approximate surface area is 194 Å². The van der Waals surface area contributed by atoms with Gasteiger partial charge in [-0.25, -0.2) is 24.9 Å². The van der Waals surface area contributed by atoms with Gasteiger partial charge in [0.15, 0.2) is 11.6 Å². The number of hydrogen-bond donors (Lipinski definition) is 1. The standard InChI is InChI=1S/C21H17F3N6O3S/c1-10(4-14(32)18-12-2-3-17(33)30-19(12)29-9-28-18)20-25-7-15(34-20)13(31)5-11-6-16(21(22,23)24)27-8-26-11/h6-10H,2-5H2,1H3,(H,28,29,30,33)/t10-/m0/s1. The van der Waals surface area contributed by atoms with E-state index in [0.29, 0.717) is 22.8 Å². The molecule has 0 radical (unpaired) electrons. The molecule has 0 saturated heterocycles. The van der Waals surface area contributed by atoms with Crippen LogP contribution in [0.15, 0.2) is 24.9 Å². The molecule has 0 aromatic carbocycles. The zero-order chi connectivity index (χ0) is 24.5. The molecule has 4 rings (SSSR count). The second-order valence-electron chi connectivity index (χ2n) is 7.68. The van der Waals surface area contributed by atoms with E-state index in [1.165, 1.54) is 12.5 Å². The van der Waals surface area contributed by atoms with Gasteiger partial charge in [-0.2, -0.15) is 13.2 Å². The highest BCUT2D eigenvalue weighted by atomic mass is 32.1. The van der Waals surface area contributed by atoms with Gasteiger partial charge in [0.1, 0.15) is 29.9 Å². The molecule has 0 saturated carbocycles. The maximum absolute atomic E-state index is 12.9. The normalized spacial score (nSPS) is 14.3. The van der Waals surface area contributed by atoms with E-state index >= 15 is 0 Å². The quantitative estimate of drug-likeness (QED) is 0.499. The first kappa shape index (κ1) is 23.5. The summed E-state index contributed by atoms with van der Waals surface area (Å²) < 4.78 is 38.5. The number of halogens is 3. The van der Waals surface area contributed by atoms with E-state index in [-0.39, 0.29) is 53.1 Å². The largest absolute Gasteiger partial charge is 0.433 e. The molecule has 1 atom stereocenters. The van der Waals surface area contributed by atoms with Crippen molar-refractivity contribution in [1.29, 1.82) is 0 Å². The highest BCUT2D eigenvalue weighted by molar-refractivity contribution is 7.13. The van der Waals surface area contributed by atoms with Gasteiger partial charge in [-0.3, -0.25) is 14.4 Å². The molecule has 1 N–H and O–H groups in total. The first-order chi connectivity index (χ1) is 16.1. The number of carbonyl (C=O) groups excluding carboxylic acids is 3. The fourth-order valence-corrected chi connectivity index (χ4v) is 4.34. The second-order valence-corrected chi connectivity index (χ2v) is 8.74. The maximum Gasteiger partial charge on any atom is 0.433 e. The van der Waals surface area contributed by atoms with Crippen molar-refractivity contribution in [3.63, 3.8) is 0 Å². The van der Waals surface area contributed by atoms with Crippen molar-refractivity contribution in [2.24, 2.45) is 0 Å². The maximum atomic E-state index is 12.9. The highest BCUT2D eigenvalue weighted by Gasteiger charge is 2.33. The van der Waals surface area contributed by atoms with Crippen LogP contribution in [0.5, 0.6) is 0 Å². The predicted molar refractivity (Wildman–Crippen MR) is 114 cm³/mol. The Morgan fingerprint density at radius 1 is 1.09 bits per heavy atom.